The van der Waals surface area contributed by atoms with Crippen molar-refractivity contribution in [2.75, 3.05) is 6.54 Å². The van der Waals surface area contributed by atoms with Crippen molar-refractivity contribution >= 4 is 17.3 Å². The zero-order valence-corrected chi connectivity index (χ0v) is 15.4. The highest BCUT2D eigenvalue weighted by Crippen LogP contribution is 2.38. The second kappa shape index (κ2) is 7.25. The van der Waals surface area contributed by atoms with E-state index in [2.05, 4.69) is 62.1 Å². The minimum absolute atomic E-state index is 0.0287. The van der Waals surface area contributed by atoms with Crippen molar-refractivity contribution in [1.82, 2.24) is 24.8 Å². The van der Waals surface area contributed by atoms with Crippen molar-refractivity contribution in [1.29, 1.82) is 0 Å². The first-order valence-corrected chi connectivity index (χ1v) is 9.21. The first kappa shape index (κ1) is 16.7. The summed E-state index contributed by atoms with van der Waals surface area (Å²) < 4.78 is 2.25. The molecule has 0 bridgehead atoms. The molecule has 3 aromatic rings. The normalized spacial score (nSPS) is 19.6. The molecule has 4 heterocycles. The highest BCUT2D eigenvalue weighted by Gasteiger charge is 2.40. The second-order valence-electron chi connectivity index (χ2n) is 6.29. The average Bonchev–Trinajstić information content (AvgIpc) is 3.26. The number of nitrogens with zero attached hydrogens (tertiary/aromatic N) is 4. The smallest absolute Gasteiger partial charge is 0.170 e. The van der Waals surface area contributed by atoms with Gasteiger partial charge in [-0.3, -0.25) is 9.97 Å². The first-order chi connectivity index (χ1) is 12.8. The van der Waals surface area contributed by atoms with Gasteiger partial charge in [0.25, 0.3) is 0 Å². The monoisotopic (exact) mass is 363 g/mol. The summed E-state index contributed by atoms with van der Waals surface area (Å²) in [5.41, 5.74) is 3.25. The molecular formula is C20H21N5S. The van der Waals surface area contributed by atoms with Crippen LogP contribution in [0.3, 0.4) is 0 Å². The van der Waals surface area contributed by atoms with E-state index in [0.29, 0.717) is 0 Å². The molecule has 26 heavy (non-hydrogen) atoms. The summed E-state index contributed by atoms with van der Waals surface area (Å²) in [5.74, 6) is 0. The average molecular weight is 363 g/mol. The molecule has 1 fully saturated rings. The molecule has 3 aromatic heterocycles. The van der Waals surface area contributed by atoms with E-state index in [1.54, 1.807) is 0 Å². The lowest BCUT2D eigenvalue weighted by Crippen LogP contribution is -2.30. The molecule has 1 N–H and O–H groups in total. The molecular weight excluding hydrogens is 342 g/mol. The van der Waals surface area contributed by atoms with Gasteiger partial charge in [-0.15, -0.1) is 0 Å². The predicted molar refractivity (Wildman–Crippen MR) is 106 cm³/mol. The fourth-order valence-corrected chi connectivity index (χ4v) is 3.94. The van der Waals surface area contributed by atoms with Gasteiger partial charge in [-0.05, 0) is 55.5 Å². The molecule has 0 unspecified atom stereocenters. The van der Waals surface area contributed by atoms with Gasteiger partial charge in [0, 0.05) is 30.8 Å². The molecule has 0 aliphatic carbocycles. The molecule has 1 aliphatic rings. The van der Waals surface area contributed by atoms with E-state index in [0.717, 1.165) is 29.6 Å². The van der Waals surface area contributed by atoms with Crippen molar-refractivity contribution < 1.29 is 0 Å². The number of hydrogen-bond acceptors (Lipinski definition) is 3. The van der Waals surface area contributed by atoms with Crippen LogP contribution in [-0.4, -0.2) is 31.1 Å². The molecule has 1 saturated heterocycles. The Morgan fingerprint density at radius 2 is 1.85 bits per heavy atom. The molecule has 0 amide bonds. The number of aromatic nitrogens is 3. The van der Waals surface area contributed by atoms with Crippen LogP contribution in [0, 0.1) is 0 Å². The fourth-order valence-electron chi connectivity index (χ4n) is 3.57. The third-order valence-electron chi connectivity index (χ3n) is 4.76. The SMILES string of the molecule is CCN1C(=S)N[C@H](c2ccccn2)[C@H]1c1cccn1Cc1ccccn1. The Morgan fingerprint density at radius 1 is 1.04 bits per heavy atom. The van der Waals surface area contributed by atoms with Crippen LogP contribution in [-0.2, 0) is 6.54 Å². The summed E-state index contributed by atoms with van der Waals surface area (Å²) in [5, 5.41) is 4.24. The Morgan fingerprint density at radius 3 is 2.54 bits per heavy atom. The molecule has 2 atom stereocenters. The second-order valence-corrected chi connectivity index (χ2v) is 6.68. The van der Waals surface area contributed by atoms with E-state index in [9.17, 15) is 0 Å². The van der Waals surface area contributed by atoms with Gasteiger partial charge in [-0.25, -0.2) is 0 Å². The van der Waals surface area contributed by atoms with Crippen LogP contribution in [0.5, 0.6) is 0 Å². The summed E-state index contributed by atoms with van der Waals surface area (Å²) in [6, 6.07) is 16.4. The van der Waals surface area contributed by atoms with Crippen molar-refractivity contribution in [2.24, 2.45) is 0 Å². The maximum atomic E-state index is 5.61. The van der Waals surface area contributed by atoms with Crippen LogP contribution < -0.4 is 5.32 Å². The van der Waals surface area contributed by atoms with Crippen LogP contribution in [0.15, 0.2) is 67.1 Å². The minimum atomic E-state index is 0.0287. The number of thiocarbonyl (C=S) groups is 1. The van der Waals surface area contributed by atoms with E-state index in [-0.39, 0.29) is 12.1 Å². The lowest BCUT2D eigenvalue weighted by atomic mass is 10.0. The Hall–Kier alpha value is -2.73. The highest BCUT2D eigenvalue weighted by molar-refractivity contribution is 7.80. The molecule has 0 aromatic carbocycles. The van der Waals surface area contributed by atoms with Gasteiger partial charge in [0.2, 0.25) is 0 Å². The predicted octanol–water partition coefficient (Wildman–Crippen LogP) is 3.32. The van der Waals surface area contributed by atoms with Crippen molar-refractivity contribution in [2.45, 2.75) is 25.6 Å². The quantitative estimate of drug-likeness (QED) is 0.705. The lowest BCUT2D eigenvalue weighted by molar-refractivity contribution is 0.316. The lowest BCUT2D eigenvalue weighted by Gasteiger charge is -2.27. The number of nitrogens with one attached hydrogen (secondary N) is 1. The fraction of sp³-hybridized carbons (Fsp3) is 0.250. The molecule has 132 valence electrons. The highest BCUT2D eigenvalue weighted by atomic mass is 32.1. The summed E-state index contributed by atoms with van der Waals surface area (Å²) >= 11 is 5.61. The van der Waals surface area contributed by atoms with Crippen molar-refractivity contribution in [3.05, 3.63) is 84.2 Å². The Balaban J connectivity index is 1.72. The van der Waals surface area contributed by atoms with Crippen LogP contribution in [0.1, 0.15) is 36.1 Å². The van der Waals surface area contributed by atoms with Gasteiger partial charge in [0.1, 0.15) is 0 Å². The van der Waals surface area contributed by atoms with E-state index in [4.69, 9.17) is 12.2 Å². The van der Waals surface area contributed by atoms with E-state index < -0.39 is 0 Å². The molecule has 0 saturated carbocycles. The standard InChI is InChI=1S/C20H21N5S/c1-2-25-19(18(23-20(25)26)16-9-4-6-12-22-16)17-10-7-13-24(17)14-15-8-3-5-11-21-15/h3-13,18-19H,2,14H2,1H3,(H,23,26)/t18-,19-/m1/s1. The molecule has 0 spiro atoms. The maximum Gasteiger partial charge on any atom is 0.170 e. The number of likely N-dealkylation sites (N-methyl/N-ethyl adjacent to an activating group) is 1. The van der Waals surface area contributed by atoms with Gasteiger partial charge in [-0.2, -0.15) is 0 Å². The zero-order chi connectivity index (χ0) is 17.9. The largest absolute Gasteiger partial charge is 0.352 e. The van der Waals surface area contributed by atoms with Crippen LogP contribution >= 0.6 is 12.2 Å². The number of rotatable bonds is 5. The Labute approximate surface area is 158 Å². The van der Waals surface area contributed by atoms with E-state index in [1.807, 2.05) is 36.7 Å². The molecule has 0 radical (unpaired) electrons. The van der Waals surface area contributed by atoms with Crippen LogP contribution in [0.4, 0.5) is 0 Å². The third-order valence-corrected chi connectivity index (χ3v) is 5.12. The zero-order valence-electron chi connectivity index (χ0n) is 14.6. The summed E-state index contributed by atoms with van der Waals surface area (Å²) in [6.45, 7) is 3.71. The molecule has 4 rings (SSSR count). The molecule has 1 aliphatic heterocycles. The Kier molecular flexibility index (Phi) is 4.67. The van der Waals surface area contributed by atoms with Gasteiger partial charge in [-0.1, -0.05) is 12.1 Å². The van der Waals surface area contributed by atoms with Gasteiger partial charge in [0.05, 0.1) is 30.0 Å². The first-order valence-electron chi connectivity index (χ1n) is 8.81. The minimum Gasteiger partial charge on any atom is -0.352 e. The van der Waals surface area contributed by atoms with Crippen LogP contribution in [0.25, 0.3) is 0 Å². The molecule has 5 nitrogen and oxygen atoms in total. The van der Waals surface area contributed by atoms with Gasteiger partial charge < -0.3 is 14.8 Å². The van der Waals surface area contributed by atoms with Gasteiger partial charge >= 0.3 is 0 Å². The van der Waals surface area contributed by atoms with E-state index >= 15 is 0 Å². The van der Waals surface area contributed by atoms with E-state index in [1.165, 1.54) is 5.69 Å². The van der Waals surface area contributed by atoms with Crippen LogP contribution in [0.2, 0.25) is 0 Å². The number of hydrogen-bond donors (Lipinski definition) is 1. The van der Waals surface area contributed by atoms with Gasteiger partial charge in [0.15, 0.2) is 5.11 Å². The molecule has 6 heteroatoms. The topological polar surface area (TPSA) is 46.0 Å². The summed E-state index contributed by atoms with van der Waals surface area (Å²) in [7, 11) is 0. The number of pyridine rings is 2. The van der Waals surface area contributed by atoms with Crippen molar-refractivity contribution in [3.63, 3.8) is 0 Å². The van der Waals surface area contributed by atoms with Crippen molar-refractivity contribution in [3.8, 4) is 0 Å². The Bertz CT molecular complexity index is 877. The summed E-state index contributed by atoms with van der Waals surface area (Å²) in [6.07, 6.45) is 5.77. The summed E-state index contributed by atoms with van der Waals surface area (Å²) in [4.78, 5) is 11.3. The maximum absolute atomic E-state index is 5.61. The third kappa shape index (κ3) is 3.08.